The Balaban J connectivity index is 1.86. The van der Waals surface area contributed by atoms with Gasteiger partial charge in [-0.2, -0.15) is 0 Å². The molecule has 6 nitrogen and oxygen atoms in total. The minimum atomic E-state index is -3.93. The fourth-order valence-corrected chi connectivity index (χ4v) is 4.56. The molecule has 2 heterocycles. The van der Waals surface area contributed by atoms with Gasteiger partial charge in [0.2, 0.25) is 0 Å². The second-order valence-corrected chi connectivity index (χ2v) is 7.73. The molecule has 0 radical (unpaired) electrons. The van der Waals surface area contributed by atoms with Crippen LogP contribution in [0.5, 0.6) is 0 Å². The first-order chi connectivity index (χ1) is 11.9. The average Bonchev–Trinajstić information content (AvgIpc) is 2.75. The Kier molecular flexibility index (Phi) is 3.30. The molecule has 0 saturated carbocycles. The number of carbonyl (C=O) groups is 1. The van der Waals surface area contributed by atoms with Gasteiger partial charge in [0.1, 0.15) is 10.5 Å². The summed E-state index contributed by atoms with van der Waals surface area (Å²) in [6.45, 7) is 1.64. The topological polar surface area (TPSA) is 84.7 Å². The van der Waals surface area contributed by atoms with Gasteiger partial charge >= 0.3 is 5.63 Å². The molecular weight excluding hydrogens is 342 g/mol. The van der Waals surface area contributed by atoms with Crippen molar-refractivity contribution in [3.8, 4) is 0 Å². The van der Waals surface area contributed by atoms with Crippen LogP contribution in [0.4, 0.5) is 0 Å². The van der Waals surface area contributed by atoms with Crippen molar-refractivity contribution in [3.63, 3.8) is 0 Å². The third-order valence-electron chi connectivity index (χ3n) is 4.21. The monoisotopic (exact) mass is 355 g/mol. The molecule has 1 aliphatic rings. The molecule has 0 N–H and O–H groups in total. The van der Waals surface area contributed by atoms with Crippen molar-refractivity contribution in [2.24, 2.45) is 0 Å². The molecule has 1 amide bonds. The summed E-state index contributed by atoms with van der Waals surface area (Å²) >= 11 is 0. The lowest BCUT2D eigenvalue weighted by Crippen LogP contribution is -2.29. The van der Waals surface area contributed by atoms with Crippen LogP contribution in [0.15, 0.2) is 62.6 Å². The van der Waals surface area contributed by atoms with Crippen molar-refractivity contribution < 1.29 is 17.6 Å². The Morgan fingerprint density at radius 2 is 1.80 bits per heavy atom. The number of fused-ring (bicyclic) bond motifs is 2. The zero-order chi connectivity index (χ0) is 17.8. The molecule has 2 aromatic carbocycles. The molecule has 0 bridgehead atoms. The number of sulfonamides is 1. The van der Waals surface area contributed by atoms with E-state index in [1.807, 2.05) is 13.0 Å². The molecule has 0 spiro atoms. The van der Waals surface area contributed by atoms with Gasteiger partial charge in [-0.3, -0.25) is 4.79 Å². The van der Waals surface area contributed by atoms with Crippen LogP contribution < -0.4 is 5.63 Å². The summed E-state index contributed by atoms with van der Waals surface area (Å²) in [5.74, 6) is -0.593. The summed E-state index contributed by atoms with van der Waals surface area (Å²) < 4.78 is 31.3. The lowest BCUT2D eigenvalue weighted by Gasteiger charge is -2.16. The number of hydrogen-bond acceptors (Lipinski definition) is 5. The third-order valence-corrected chi connectivity index (χ3v) is 6.00. The molecule has 1 aliphatic heterocycles. The van der Waals surface area contributed by atoms with Crippen LogP contribution in [0.25, 0.3) is 11.0 Å². The van der Waals surface area contributed by atoms with Gasteiger partial charge in [0, 0.05) is 11.5 Å². The predicted octanol–water partition coefficient (Wildman–Crippen LogP) is 2.45. The van der Waals surface area contributed by atoms with Crippen molar-refractivity contribution in [2.45, 2.75) is 18.4 Å². The van der Waals surface area contributed by atoms with E-state index in [-0.39, 0.29) is 17.0 Å². The Morgan fingerprint density at radius 3 is 2.56 bits per heavy atom. The van der Waals surface area contributed by atoms with E-state index < -0.39 is 21.6 Å². The quantitative estimate of drug-likeness (QED) is 0.659. The minimum absolute atomic E-state index is 0.0110. The second kappa shape index (κ2) is 5.29. The maximum atomic E-state index is 12.7. The smallest absolute Gasteiger partial charge is 0.336 e. The molecule has 0 fully saturated rings. The minimum Gasteiger partial charge on any atom is -0.423 e. The summed E-state index contributed by atoms with van der Waals surface area (Å²) in [7, 11) is -3.93. The summed E-state index contributed by atoms with van der Waals surface area (Å²) in [4.78, 5) is 24.4. The highest BCUT2D eigenvalue weighted by molar-refractivity contribution is 7.90. The molecule has 0 aliphatic carbocycles. The number of hydrogen-bond donors (Lipinski definition) is 0. The van der Waals surface area contributed by atoms with Gasteiger partial charge in [0.25, 0.3) is 15.9 Å². The van der Waals surface area contributed by atoms with Gasteiger partial charge in [-0.15, -0.1) is 0 Å². The SMILES string of the molecule is Cc1ccc2c(CN3C(=O)c4ccccc4S3(=O)=O)cc(=O)oc2c1. The summed E-state index contributed by atoms with van der Waals surface area (Å²) in [5, 5.41) is 0.601. The van der Waals surface area contributed by atoms with Gasteiger partial charge in [0.15, 0.2) is 0 Å². The average molecular weight is 355 g/mol. The fraction of sp³-hybridized carbons (Fsp3) is 0.111. The highest BCUT2D eigenvalue weighted by Gasteiger charge is 2.41. The fourth-order valence-electron chi connectivity index (χ4n) is 3.01. The molecule has 3 aromatic rings. The standard InChI is InChI=1S/C18H13NO5S/c1-11-6-7-13-12(9-17(20)24-15(13)8-11)10-19-18(21)14-4-2-3-5-16(14)25(19,22)23/h2-9H,10H2,1H3. The first-order valence-electron chi connectivity index (χ1n) is 7.57. The first kappa shape index (κ1) is 15.6. The maximum Gasteiger partial charge on any atom is 0.336 e. The number of nitrogens with zero attached hydrogens (tertiary/aromatic N) is 1. The van der Waals surface area contributed by atoms with E-state index in [2.05, 4.69) is 0 Å². The van der Waals surface area contributed by atoms with E-state index in [1.165, 1.54) is 18.2 Å². The number of amides is 1. The van der Waals surface area contributed by atoms with Gasteiger partial charge in [-0.1, -0.05) is 24.3 Å². The molecule has 1 aromatic heterocycles. The van der Waals surface area contributed by atoms with Gasteiger partial charge in [-0.25, -0.2) is 17.5 Å². The normalized spacial score (nSPS) is 15.6. The zero-order valence-corrected chi connectivity index (χ0v) is 14.0. The first-order valence-corrected chi connectivity index (χ1v) is 9.01. The number of benzene rings is 2. The molecule has 7 heteroatoms. The van der Waals surface area contributed by atoms with Gasteiger partial charge in [-0.05, 0) is 36.2 Å². The van der Waals surface area contributed by atoms with Crippen molar-refractivity contribution in [2.75, 3.05) is 0 Å². The Hall–Kier alpha value is -2.93. The molecule has 0 atom stereocenters. The van der Waals surface area contributed by atoms with Crippen molar-refractivity contribution in [1.29, 1.82) is 0 Å². The second-order valence-electron chi connectivity index (χ2n) is 5.90. The van der Waals surface area contributed by atoms with Crippen LogP contribution >= 0.6 is 0 Å². The highest BCUT2D eigenvalue weighted by atomic mass is 32.2. The lowest BCUT2D eigenvalue weighted by molar-refractivity contribution is 0.0865. The Labute approximate surface area is 143 Å². The molecule has 4 rings (SSSR count). The van der Waals surface area contributed by atoms with Crippen LogP contribution in [0.2, 0.25) is 0 Å². The molecule has 0 unspecified atom stereocenters. The number of carbonyl (C=O) groups excluding carboxylic acids is 1. The van der Waals surface area contributed by atoms with Crippen LogP contribution in [0.1, 0.15) is 21.5 Å². The van der Waals surface area contributed by atoms with Crippen molar-refractivity contribution >= 4 is 26.9 Å². The van der Waals surface area contributed by atoms with Crippen LogP contribution in [-0.2, 0) is 16.6 Å². The van der Waals surface area contributed by atoms with E-state index in [0.29, 0.717) is 16.5 Å². The van der Waals surface area contributed by atoms with E-state index in [9.17, 15) is 18.0 Å². The van der Waals surface area contributed by atoms with Crippen molar-refractivity contribution in [1.82, 2.24) is 4.31 Å². The molecule has 126 valence electrons. The summed E-state index contributed by atoms with van der Waals surface area (Å²) in [5.41, 5.74) is 1.25. The number of aryl methyl sites for hydroxylation is 1. The Bertz CT molecular complexity index is 1190. The van der Waals surface area contributed by atoms with Gasteiger partial charge < -0.3 is 4.42 Å². The van der Waals surface area contributed by atoms with Crippen LogP contribution in [0.3, 0.4) is 0 Å². The largest absolute Gasteiger partial charge is 0.423 e. The maximum absolute atomic E-state index is 12.7. The van der Waals surface area contributed by atoms with Crippen LogP contribution in [0, 0.1) is 6.92 Å². The van der Waals surface area contributed by atoms with E-state index in [0.717, 1.165) is 9.87 Å². The molecular formula is C18H13NO5S. The predicted molar refractivity (Wildman–Crippen MR) is 90.7 cm³/mol. The molecule has 0 saturated heterocycles. The molecule has 25 heavy (non-hydrogen) atoms. The van der Waals surface area contributed by atoms with Gasteiger partial charge in [0.05, 0.1) is 12.1 Å². The number of rotatable bonds is 2. The summed E-state index contributed by atoms with van der Waals surface area (Å²) in [6, 6.07) is 12.6. The zero-order valence-electron chi connectivity index (χ0n) is 13.2. The van der Waals surface area contributed by atoms with Crippen LogP contribution in [-0.4, -0.2) is 18.6 Å². The Morgan fingerprint density at radius 1 is 1.04 bits per heavy atom. The van der Waals surface area contributed by atoms with Crippen molar-refractivity contribution in [3.05, 3.63) is 75.6 Å². The highest BCUT2D eigenvalue weighted by Crippen LogP contribution is 2.32. The van der Waals surface area contributed by atoms with E-state index in [4.69, 9.17) is 4.42 Å². The summed E-state index contributed by atoms with van der Waals surface area (Å²) in [6.07, 6.45) is 0. The van der Waals surface area contributed by atoms with E-state index >= 15 is 0 Å². The lowest BCUT2D eigenvalue weighted by atomic mass is 10.1. The third kappa shape index (κ3) is 2.35. The van der Waals surface area contributed by atoms with E-state index in [1.54, 1.807) is 24.3 Å².